The second-order valence-corrected chi connectivity index (χ2v) is 6.57. The minimum absolute atomic E-state index is 0.0877. The molecule has 0 radical (unpaired) electrons. The number of hydrogen-bond acceptors (Lipinski definition) is 2. The summed E-state index contributed by atoms with van der Waals surface area (Å²) < 4.78 is 38.2. The van der Waals surface area contributed by atoms with Crippen LogP contribution in [0.4, 0.5) is 13.2 Å². The van der Waals surface area contributed by atoms with Gasteiger partial charge in [0.05, 0.1) is 6.54 Å². The molecule has 3 unspecified atom stereocenters. The van der Waals surface area contributed by atoms with E-state index in [2.05, 4.69) is 13.8 Å². The fourth-order valence-electron chi connectivity index (χ4n) is 3.32. The van der Waals surface area contributed by atoms with E-state index in [-0.39, 0.29) is 18.1 Å². The van der Waals surface area contributed by atoms with Crippen molar-refractivity contribution in [1.82, 2.24) is 4.90 Å². The average molecular weight is 278 g/mol. The molecule has 2 aliphatic carbocycles. The standard InChI is InChI=1S/C14H25F3N2/c1-9(2)10-3-6-12(18)13(7-10)19(11-4-5-11)8-14(15,16)17/h9-13H,3-8,18H2,1-2H3. The number of halogens is 3. The summed E-state index contributed by atoms with van der Waals surface area (Å²) in [6.07, 6.45) is 0.407. The van der Waals surface area contributed by atoms with Crippen LogP contribution < -0.4 is 5.73 Å². The molecule has 112 valence electrons. The summed E-state index contributed by atoms with van der Waals surface area (Å²) in [5.74, 6) is 1.04. The van der Waals surface area contributed by atoms with Crippen LogP contribution in [0, 0.1) is 11.8 Å². The molecule has 2 nitrogen and oxygen atoms in total. The van der Waals surface area contributed by atoms with Gasteiger partial charge in [0, 0.05) is 18.1 Å². The number of hydrogen-bond donors (Lipinski definition) is 1. The molecule has 2 N–H and O–H groups in total. The van der Waals surface area contributed by atoms with Crippen LogP contribution >= 0.6 is 0 Å². The zero-order valence-electron chi connectivity index (χ0n) is 11.8. The molecule has 0 aromatic carbocycles. The minimum Gasteiger partial charge on any atom is -0.326 e. The summed E-state index contributed by atoms with van der Waals surface area (Å²) in [6, 6.07) is -0.0724. The fraction of sp³-hybridized carbons (Fsp3) is 1.00. The number of nitrogens with two attached hydrogens (primary N) is 1. The maximum absolute atomic E-state index is 12.7. The Hall–Kier alpha value is -0.290. The van der Waals surface area contributed by atoms with E-state index >= 15 is 0 Å². The lowest BCUT2D eigenvalue weighted by Crippen LogP contribution is -2.54. The first-order chi connectivity index (χ1) is 8.78. The molecule has 2 aliphatic rings. The van der Waals surface area contributed by atoms with Crippen LogP contribution in [0.5, 0.6) is 0 Å². The SMILES string of the molecule is CC(C)C1CCC(N)C(N(CC(F)(F)F)C2CC2)C1. The molecule has 0 saturated heterocycles. The molecule has 0 aromatic heterocycles. The van der Waals surface area contributed by atoms with Crippen molar-refractivity contribution in [3.63, 3.8) is 0 Å². The van der Waals surface area contributed by atoms with Gasteiger partial charge in [0.15, 0.2) is 0 Å². The first-order valence-corrected chi connectivity index (χ1v) is 7.36. The van der Waals surface area contributed by atoms with Gasteiger partial charge in [-0.1, -0.05) is 13.8 Å². The Bertz CT molecular complexity index is 300. The number of rotatable bonds is 4. The van der Waals surface area contributed by atoms with Crippen molar-refractivity contribution >= 4 is 0 Å². The summed E-state index contributed by atoms with van der Waals surface area (Å²) in [6.45, 7) is 3.52. The quantitative estimate of drug-likeness (QED) is 0.856. The van der Waals surface area contributed by atoms with E-state index in [4.69, 9.17) is 5.73 Å². The molecule has 0 aromatic rings. The molecule has 3 atom stereocenters. The van der Waals surface area contributed by atoms with E-state index in [0.717, 1.165) is 32.1 Å². The van der Waals surface area contributed by atoms with Crippen LogP contribution in [-0.2, 0) is 0 Å². The van der Waals surface area contributed by atoms with Gasteiger partial charge in [0.2, 0.25) is 0 Å². The molecule has 0 amide bonds. The maximum Gasteiger partial charge on any atom is 0.401 e. The highest BCUT2D eigenvalue weighted by Crippen LogP contribution is 2.38. The highest BCUT2D eigenvalue weighted by Gasteiger charge is 2.44. The van der Waals surface area contributed by atoms with E-state index < -0.39 is 12.7 Å². The molecule has 0 bridgehead atoms. The summed E-state index contributed by atoms with van der Waals surface area (Å²) in [5, 5.41) is 0. The maximum atomic E-state index is 12.7. The number of alkyl halides is 3. The first kappa shape index (κ1) is 15.1. The predicted molar refractivity (Wildman–Crippen MR) is 69.7 cm³/mol. The Balaban J connectivity index is 2.05. The highest BCUT2D eigenvalue weighted by atomic mass is 19.4. The highest BCUT2D eigenvalue weighted by molar-refractivity contribution is 4.97. The van der Waals surface area contributed by atoms with Crippen LogP contribution in [0.15, 0.2) is 0 Å². The molecular weight excluding hydrogens is 253 g/mol. The topological polar surface area (TPSA) is 29.3 Å². The van der Waals surface area contributed by atoms with Crippen molar-refractivity contribution < 1.29 is 13.2 Å². The predicted octanol–water partition coefficient (Wildman–Crippen LogP) is 3.17. The molecule has 2 fully saturated rings. The lowest BCUT2D eigenvalue weighted by atomic mass is 9.76. The lowest BCUT2D eigenvalue weighted by molar-refractivity contribution is -0.155. The van der Waals surface area contributed by atoms with E-state index in [1.807, 2.05) is 0 Å². The normalized spacial score (nSPS) is 33.2. The van der Waals surface area contributed by atoms with Crippen LogP contribution in [0.3, 0.4) is 0 Å². The third-order valence-electron chi connectivity index (χ3n) is 4.66. The summed E-state index contributed by atoms with van der Waals surface area (Å²) >= 11 is 0. The number of nitrogens with zero attached hydrogens (tertiary/aromatic N) is 1. The molecule has 0 heterocycles. The minimum atomic E-state index is -4.12. The van der Waals surface area contributed by atoms with Crippen LogP contribution in [0.25, 0.3) is 0 Å². The second kappa shape index (κ2) is 5.60. The van der Waals surface area contributed by atoms with E-state index in [9.17, 15) is 13.2 Å². The average Bonchev–Trinajstić information content (AvgIpc) is 3.09. The van der Waals surface area contributed by atoms with Gasteiger partial charge in [-0.2, -0.15) is 13.2 Å². The lowest BCUT2D eigenvalue weighted by Gasteiger charge is -2.43. The Morgan fingerprint density at radius 1 is 1.16 bits per heavy atom. The summed E-state index contributed by atoms with van der Waals surface area (Å²) in [5.41, 5.74) is 6.12. The van der Waals surface area contributed by atoms with Gasteiger partial charge in [0.25, 0.3) is 0 Å². The molecular formula is C14H25F3N2. The van der Waals surface area contributed by atoms with Gasteiger partial charge in [-0.15, -0.1) is 0 Å². The van der Waals surface area contributed by atoms with Gasteiger partial charge in [0.1, 0.15) is 0 Å². The van der Waals surface area contributed by atoms with Gasteiger partial charge in [-0.25, -0.2) is 0 Å². The molecule has 19 heavy (non-hydrogen) atoms. The Morgan fingerprint density at radius 2 is 1.79 bits per heavy atom. The molecule has 0 spiro atoms. The van der Waals surface area contributed by atoms with Crippen molar-refractivity contribution in [3.05, 3.63) is 0 Å². The van der Waals surface area contributed by atoms with Gasteiger partial charge < -0.3 is 5.73 Å². The monoisotopic (exact) mass is 278 g/mol. The first-order valence-electron chi connectivity index (χ1n) is 7.36. The summed E-state index contributed by atoms with van der Waals surface area (Å²) in [4.78, 5) is 1.65. The molecule has 5 heteroatoms. The largest absolute Gasteiger partial charge is 0.401 e. The Labute approximate surface area is 113 Å². The summed E-state index contributed by atoms with van der Waals surface area (Å²) in [7, 11) is 0. The zero-order chi connectivity index (χ0) is 14.2. The van der Waals surface area contributed by atoms with E-state index in [1.54, 1.807) is 4.90 Å². The van der Waals surface area contributed by atoms with Crippen molar-refractivity contribution in [2.75, 3.05) is 6.54 Å². The van der Waals surface area contributed by atoms with Crippen LogP contribution in [-0.4, -0.2) is 35.7 Å². The van der Waals surface area contributed by atoms with Gasteiger partial charge in [-0.3, -0.25) is 4.90 Å². The third-order valence-corrected chi connectivity index (χ3v) is 4.66. The van der Waals surface area contributed by atoms with E-state index in [0.29, 0.717) is 11.8 Å². The Kier molecular flexibility index (Phi) is 4.45. The molecule has 2 rings (SSSR count). The zero-order valence-corrected chi connectivity index (χ0v) is 11.8. The van der Waals surface area contributed by atoms with Crippen molar-refractivity contribution in [3.8, 4) is 0 Å². The van der Waals surface area contributed by atoms with Crippen molar-refractivity contribution in [1.29, 1.82) is 0 Å². The Morgan fingerprint density at radius 3 is 2.26 bits per heavy atom. The van der Waals surface area contributed by atoms with Crippen molar-refractivity contribution in [2.24, 2.45) is 17.6 Å². The smallest absolute Gasteiger partial charge is 0.326 e. The van der Waals surface area contributed by atoms with E-state index in [1.165, 1.54) is 0 Å². The van der Waals surface area contributed by atoms with Crippen molar-refractivity contribution in [2.45, 2.75) is 70.3 Å². The third kappa shape index (κ3) is 4.09. The molecule has 2 saturated carbocycles. The second-order valence-electron chi connectivity index (χ2n) is 6.57. The molecule has 0 aliphatic heterocycles. The van der Waals surface area contributed by atoms with Crippen LogP contribution in [0.2, 0.25) is 0 Å². The van der Waals surface area contributed by atoms with Gasteiger partial charge in [-0.05, 0) is 43.9 Å². The van der Waals surface area contributed by atoms with Crippen LogP contribution in [0.1, 0.15) is 46.0 Å². The fourth-order valence-corrected chi connectivity index (χ4v) is 3.32. The van der Waals surface area contributed by atoms with Gasteiger partial charge >= 0.3 is 6.18 Å².